The van der Waals surface area contributed by atoms with Gasteiger partial charge in [0.1, 0.15) is 30.5 Å². The molecule has 7 rings (SSSR count). The Bertz CT molecular complexity index is 2850. The molecule has 2 aliphatic carbocycles. The maximum Gasteiger partial charge on any atom is 0.411 e. The van der Waals surface area contributed by atoms with Crippen LogP contribution in [0.25, 0.3) is 0 Å². The first kappa shape index (κ1) is 70.8. The van der Waals surface area contributed by atoms with Crippen molar-refractivity contribution in [1.29, 1.82) is 0 Å². The molecule has 19 atom stereocenters. The molecule has 8 N–H and O–H groups in total. The average molecular weight is 1310 g/mol. The second-order valence-electron chi connectivity index (χ2n) is 20.6. The number of benzene rings is 1. The van der Waals surface area contributed by atoms with Crippen LogP contribution >= 0.6 is 43.2 Å². The van der Waals surface area contributed by atoms with E-state index in [9.17, 15) is 34.8 Å². The van der Waals surface area contributed by atoms with Crippen molar-refractivity contribution >= 4 is 72.6 Å². The van der Waals surface area contributed by atoms with Gasteiger partial charge >= 0.3 is 12.1 Å². The second kappa shape index (κ2) is 33.1. The lowest BCUT2D eigenvalue weighted by molar-refractivity contribution is -0.336. The van der Waals surface area contributed by atoms with E-state index in [1.165, 1.54) is 95.7 Å². The van der Waals surface area contributed by atoms with E-state index in [1.54, 1.807) is 20.1 Å². The monoisotopic (exact) mass is 1310 g/mol. The number of anilines is 1. The zero-order valence-electron chi connectivity index (χ0n) is 50.5. The van der Waals surface area contributed by atoms with Crippen molar-refractivity contribution in [3.63, 3.8) is 0 Å². The van der Waals surface area contributed by atoms with E-state index in [-0.39, 0.29) is 82.3 Å². The lowest BCUT2D eigenvalue weighted by Gasteiger charge is -2.47. The molecule has 2 bridgehead atoms. The lowest BCUT2D eigenvalue weighted by atomic mass is 9.73. The molecule has 88 heavy (non-hydrogen) atoms. The molecule has 0 aromatic heterocycles. The summed E-state index contributed by atoms with van der Waals surface area (Å²) in [6.07, 6.45) is -11.7. The smallest absolute Gasteiger partial charge is 0.411 e. The van der Waals surface area contributed by atoms with Crippen LogP contribution in [0.5, 0.6) is 11.5 Å². The Balaban J connectivity index is 1.27. The second-order valence-corrected chi connectivity index (χ2v) is 26.0. The van der Waals surface area contributed by atoms with Gasteiger partial charge in [-0.3, -0.25) is 19.7 Å². The number of hydrogen-bond acceptors (Lipinski definition) is 28. The number of rotatable bonds is 25. The number of fused-ring (bicyclic) bond motifs is 2. The highest BCUT2D eigenvalue weighted by Crippen LogP contribution is 2.44. The van der Waals surface area contributed by atoms with E-state index < -0.39 is 134 Å². The fourth-order valence-corrected chi connectivity index (χ4v) is 13.9. The highest BCUT2D eigenvalue weighted by Gasteiger charge is 2.57. The van der Waals surface area contributed by atoms with Crippen molar-refractivity contribution in [3.05, 3.63) is 65.1 Å². The Morgan fingerprint density at radius 1 is 0.852 bits per heavy atom. The molecular formula is C58H78N4O22S4. The lowest BCUT2D eigenvalue weighted by Crippen LogP contribution is -2.65. The van der Waals surface area contributed by atoms with Gasteiger partial charge in [0, 0.05) is 55.4 Å². The van der Waals surface area contributed by atoms with Gasteiger partial charge in [0.05, 0.1) is 99.8 Å². The predicted molar refractivity (Wildman–Crippen MR) is 325 cm³/mol. The molecule has 4 fully saturated rings. The van der Waals surface area contributed by atoms with Crippen LogP contribution in [0.1, 0.15) is 57.3 Å². The maximum atomic E-state index is 15.6. The minimum absolute atomic E-state index is 0.0845. The third-order valence-corrected chi connectivity index (χ3v) is 20.1. The number of hydrogen-bond donors (Lipinski definition) is 8. The normalized spacial score (nSPS) is 34.3. The number of carbonyl (C=O) groups excluding carboxylic acids is 4. The zero-order valence-corrected chi connectivity index (χ0v) is 53.8. The highest BCUT2D eigenvalue weighted by molar-refractivity contribution is 9.09. The number of esters is 1. The van der Waals surface area contributed by atoms with E-state index in [0.29, 0.717) is 6.54 Å². The topological polar surface area (TPSA) is 327 Å². The molecule has 4 saturated heterocycles. The van der Waals surface area contributed by atoms with Crippen LogP contribution in [-0.2, 0) is 66.5 Å². The number of likely N-dealkylation sites (N-methyl/N-ethyl adjacent to an activating group) is 1. The first-order valence-electron chi connectivity index (χ1n) is 28.1. The molecule has 486 valence electrons. The number of aliphatic hydroxyl groups excluding tert-OH is 3. The number of thioether (sulfide) groups is 1. The summed E-state index contributed by atoms with van der Waals surface area (Å²) in [5.74, 6) is 8.59. The third-order valence-electron chi connectivity index (χ3n) is 15.2. The fraction of sp³-hybridized carbons (Fsp3) is 0.621. The number of alkyl carbamates (subject to hydrolysis) is 1. The van der Waals surface area contributed by atoms with Crippen molar-refractivity contribution in [2.24, 2.45) is 0 Å². The molecule has 1 aromatic rings. The molecule has 0 saturated carbocycles. The van der Waals surface area contributed by atoms with Crippen LogP contribution in [0, 0.1) is 23.7 Å². The number of ether oxygens (including phenoxy) is 13. The number of methoxy groups -OCH3 is 5. The molecule has 30 heteroatoms. The van der Waals surface area contributed by atoms with Crippen LogP contribution in [0.2, 0.25) is 0 Å². The summed E-state index contributed by atoms with van der Waals surface area (Å²) in [6.45, 7) is 11.2. The minimum atomic E-state index is -2.66. The number of Topliss-reactive ketones (excluding diaryl/α,β-unsaturated/α-hetero) is 1. The number of allylic oxidation sites excluding steroid dienone is 2. The Morgan fingerprint density at radius 3 is 2.24 bits per heavy atom. The third kappa shape index (κ3) is 16.9. The van der Waals surface area contributed by atoms with Crippen LogP contribution in [0.3, 0.4) is 0 Å². The Hall–Kier alpha value is -4.62. The Labute approximate surface area is 526 Å². The van der Waals surface area contributed by atoms with E-state index >= 15 is 4.79 Å². The van der Waals surface area contributed by atoms with E-state index in [2.05, 4.69) is 51.7 Å². The summed E-state index contributed by atoms with van der Waals surface area (Å²) >= 11 is 1.47. The van der Waals surface area contributed by atoms with Gasteiger partial charge in [-0.25, -0.2) is 9.59 Å². The number of carbonyl (C=O) groups is 4. The van der Waals surface area contributed by atoms with E-state index in [4.69, 9.17) is 66.4 Å². The molecular weight excluding hydrogens is 1230 g/mol. The molecule has 1 aromatic carbocycles. The predicted octanol–water partition coefficient (Wildman–Crippen LogP) is 3.03. The minimum Gasteiger partial charge on any atom is -0.493 e. The number of nitrogens with one attached hydrogen (secondary N) is 4. The molecule has 0 spiro atoms. The summed E-state index contributed by atoms with van der Waals surface area (Å²) in [7, 11) is 10.8. The number of aliphatic hydroxyl groups is 4. The summed E-state index contributed by atoms with van der Waals surface area (Å²) in [5.41, 5.74) is -0.949. The van der Waals surface area contributed by atoms with E-state index in [1.807, 2.05) is 26.4 Å². The van der Waals surface area contributed by atoms with Crippen molar-refractivity contribution in [3.8, 4) is 35.2 Å². The SMILES string of the molecule is C=C(OC)C(=O)Nc1cc(OC)c(OC)cc1C(=O)OC1CC(OC2C(=O)C(NC(=O)OC)=C3C(=CCSSSC)C2(O)C#CC=CC#CC3OC2OC(C)C(NOC3CC(O)C(SC)C(C)O3)C(O)C2OC2CC(OC)C(NCC)CO2)OC(C)C1O. The average Bonchev–Trinajstić information content (AvgIpc) is 1.02. The number of hydroxylamine groups is 1. The quantitative estimate of drug-likeness (QED) is 0.0133. The molecule has 2 amide bonds. The molecule has 0 radical (unpaired) electrons. The van der Waals surface area contributed by atoms with Crippen molar-refractivity contribution < 1.29 is 106 Å². The number of ketones is 1. The first-order chi connectivity index (χ1) is 42.2. The van der Waals surface area contributed by atoms with Crippen LogP contribution < -0.4 is 30.9 Å². The van der Waals surface area contributed by atoms with Crippen LogP contribution in [0.4, 0.5) is 10.5 Å². The summed E-state index contributed by atoms with van der Waals surface area (Å²) in [5, 5.41) is 56.7. The summed E-state index contributed by atoms with van der Waals surface area (Å²) < 4.78 is 77.7. The van der Waals surface area contributed by atoms with Gasteiger partial charge in [0.15, 0.2) is 54.1 Å². The van der Waals surface area contributed by atoms with Gasteiger partial charge in [-0.1, -0.05) is 64.8 Å². The fourth-order valence-electron chi connectivity index (χ4n) is 10.7. The molecule has 4 aliphatic heterocycles. The van der Waals surface area contributed by atoms with Gasteiger partial charge in [0.25, 0.3) is 5.91 Å². The zero-order chi connectivity index (χ0) is 64.0. The van der Waals surface area contributed by atoms with Gasteiger partial charge in [-0.15, -0.1) is 0 Å². The van der Waals surface area contributed by atoms with Crippen molar-refractivity contribution in [2.75, 3.05) is 72.3 Å². The van der Waals surface area contributed by atoms with Gasteiger partial charge in [-0.05, 0) is 61.8 Å². The molecule has 19 unspecified atom stereocenters. The summed E-state index contributed by atoms with van der Waals surface area (Å²) in [4.78, 5) is 62.4. The van der Waals surface area contributed by atoms with Crippen LogP contribution in [-0.4, -0.2) is 226 Å². The molecule has 26 nitrogen and oxygen atoms in total. The number of amides is 2. The highest BCUT2D eigenvalue weighted by atomic mass is 33.5. The van der Waals surface area contributed by atoms with E-state index in [0.717, 1.165) is 7.11 Å². The van der Waals surface area contributed by atoms with Crippen molar-refractivity contribution in [2.45, 2.75) is 162 Å². The van der Waals surface area contributed by atoms with Gasteiger partial charge in [0.2, 0.25) is 5.78 Å². The maximum absolute atomic E-state index is 15.6. The van der Waals surface area contributed by atoms with Crippen molar-refractivity contribution in [1.82, 2.24) is 16.1 Å². The molecule has 6 aliphatic rings. The summed E-state index contributed by atoms with van der Waals surface area (Å²) in [6, 6.07) is 1.33. The molecule has 4 heterocycles. The Kier molecular flexibility index (Phi) is 26.6. The van der Waals surface area contributed by atoms with Gasteiger partial charge < -0.3 is 92.6 Å². The first-order valence-corrected chi connectivity index (χ1v) is 33.4. The Morgan fingerprint density at radius 2 is 1.57 bits per heavy atom. The van der Waals surface area contributed by atoms with Gasteiger partial charge in [-0.2, -0.15) is 17.2 Å². The standard InChI is InChI=1S/C58H78N4O22S4/c1-13-59-35-27-76-42(25-38(35)72-7)82-51-49(65)46(62-84-44-24-36(63)52(85-11)30(4)78-44)28(2)79-56(51)81-37-18-16-14-15-17-20-58(70)33(19-21-87-88-86-12)45(37)47(61-57(69)75-10)50(66)53(58)83-43-26-41(48(64)29(3)77-43)80-55(68)32-22-39(73-8)40(74-9)23-34(32)60-54(67)31(5)71-6/h14-15,19,22-23,28-30,35-38,41-44,46,48-49,51-53,56,59,62-65,70H,5,13,21,24-27H2,1-4,6-12H3,(H,60,67)(H,61,69). The van der Waals surface area contributed by atoms with Crippen LogP contribution in [0.15, 0.2) is 59.5 Å². The largest absolute Gasteiger partial charge is 0.493 e.